The molecule has 1 saturated carbocycles. The Labute approximate surface area is 215 Å². The maximum absolute atomic E-state index is 14.1. The van der Waals surface area contributed by atoms with Crippen molar-refractivity contribution in [1.82, 2.24) is 14.5 Å². The highest BCUT2D eigenvalue weighted by Gasteiger charge is 2.29. The molecule has 0 spiro atoms. The molecule has 37 heavy (non-hydrogen) atoms. The van der Waals surface area contributed by atoms with Crippen LogP contribution in [0.15, 0.2) is 65.6 Å². The van der Waals surface area contributed by atoms with Crippen LogP contribution in [0.1, 0.15) is 73.0 Å². The third-order valence-corrected chi connectivity index (χ3v) is 6.80. The minimum absolute atomic E-state index is 0.0219. The molecular formula is C30H32F3N3O. The van der Waals surface area contributed by atoms with Crippen LogP contribution in [0.3, 0.4) is 0 Å². The van der Waals surface area contributed by atoms with Crippen molar-refractivity contribution < 1.29 is 13.2 Å². The van der Waals surface area contributed by atoms with Crippen LogP contribution in [0.25, 0.3) is 11.0 Å². The van der Waals surface area contributed by atoms with Crippen molar-refractivity contribution in [2.75, 3.05) is 0 Å². The molecular weight excluding hydrogens is 475 g/mol. The summed E-state index contributed by atoms with van der Waals surface area (Å²) in [7, 11) is 0. The molecule has 0 radical (unpaired) electrons. The molecule has 0 bridgehead atoms. The molecule has 4 nitrogen and oxygen atoms in total. The number of aromatic nitrogens is 3. The van der Waals surface area contributed by atoms with Gasteiger partial charge in [0.15, 0.2) is 0 Å². The molecule has 7 heteroatoms. The Morgan fingerprint density at radius 3 is 2.41 bits per heavy atom. The first-order valence-corrected chi connectivity index (χ1v) is 12.7. The molecule has 4 aromatic rings. The molecule has 0 unspecified atom stereocenters. The van der Waals surface area contributed by atoms with Crippen molar-refractivity contribution >= 4 is 11.0 Å². The van der Waals surface area contributed by atoms with E-state index >= 15 is 0 Å². The second-order valence-corrected chi connectivity index (χ2v) is 9.88. The molecule has 3 aromatic heterocycles. The zero-order valence-corrected chi connectivity index (χ0v) is 21.5. The average molecular weight is 508 g/mol. The summed E-state index contributed by atoms with van der Waals surface area (Å²) in [6.45, 7) is 4.56. The van der Waals surface area contributed by atoms with Gasteiger partial charge in [-0.3, -0.25) is 14.3 Å². The molecule has 3 heterocycles. The monoisotopic (exact) mass is 507 g/mol. The second kappa shape index (κ2) is 11.3. The normalized spacial score (nSPS) is 14.3. The Kier molecular flexibility index (Phi) is 8.10. The third-order valence-electron chi connectivity index (χ3n) is 6.80. The zero-order valence-electron chi connectivity index (χ0n) is 21.5. The molecule has 0 atom stereocenters. The molecule has 5 rings (SSSR count). The number of pyridine rings is 3. The average Bonchev–Trinajstić information content (AvgIpc) is 2.86. The van der Waals surface area contributed by atoms with Gasteiger partial charge in [0.1, 0.15) is 11.5 Å². The quantitative estimate of drug-likeness (QED) is 0.288. The summed E-state index contributed by atoms with van der Waals surface area (Å²) < 4.78 is 41.9. The van der Waals surface area contributed by atoms with Crippen molar-refractivity contribution in [3.8, 4) is 0 Å². The fraction of sp³-hybridized carbons (Fsp3) is 0.367. The van der Waals surface area contributed by atoms with Crippen molar-refractivity contribution in [3.63, 3.8) is 0 Å². The van der Waals surface area contributed by atoms with Gasteiger partial charge in [-0.2, -0.15) is 0 Å². The van der Waals surface area contributed by atoms with Crippen LogP contribution in [0.2, 0.25) is 0 Å². The number of aryl methyl sites for hydroxylation is 2. The van der Waals surface area contributed by atoms with Gasteiger partial charge in [-0.1, -0.05) is 31.4 Å². The minimum Gasteiger partial charge on any atom is -0.286 e. The Balaban J connectivity index is 0.000000342. The molecule has 1 aromatic carbocycles. The maximum Gasteiger partial charge on any atom is 0.272 e. The first-order chi connectivity index (χ1) is 17.6. The predicted octanol–water partition coefficient (Wildman–Crippen LogP) is 7.44. The summed E-state index contributed by atoms with van der Waals surface area (Å²) in [6.07, 6.45) is 6.88. The van der Waals surface area contributed by atoms with Crippen LogP contribution < -0.4 is 5.56 Å². The Hall–Kier alpha value is -3.48. The lowest BCUT2D eigenvalue weighted by atomic mass is 9.84. The molecule has 0 amide bonds. The van der Waals surface area contributed by atoms with Gasteiger partial charge in [-0.05, 0) is 80.6 Å². The molecule has 1 fully saturated rings. The number of fused-ring (bicyclic) bond motifs is 1. The van der Waals surface area contributed by atoms with Crippen LogP contribution in [0.5, 0.6) is 0 Å². The first kappa shape index (κ1) is 26.6. The number of rotatable bonds is 4. The van der Waals surface area contributed by atoms with Gasteiger partial charge in [-0.15, -0.1) is 0 Å². The van der Waals surface area contributed by atoms with E-state index in [1.54, 1.807) is 6.07 Å². The minimum atomic E-state index is -3.03. The molecule has 0 aliphatic heterocycles. The van der Waals surface area contributed by atoms with E-state index in [1.165, 1.54) is 41.5 Å². The summed E-state index contributed by atoms with van der Waals surface area (Å²) >= 11 is 0. The molecule has 194 valence electrons. The molecule has 1 aliphatic rings. The fourth-order valence-electron chi connectivity index (χ4n) is 4.94. The van der Waals surface area contributed by atoms with Crippen LogP contribution in [0, 0.1) is 19.7 Å². The van der Waals surface area contributed by atoms with Gasteiger partial charge in [-0.25, -0.2) is 18.2 Å². The highest BCUT2D eigenvalue weighted by molar-refractivity contribution is 5.76. The van der Waals surface area contributed by atoms with Gasteiger partial charge in [0, 0.05) is 35.3 Å². The van der Waals surface area contributed by atoms with Crippen molar-refractivity contribution in [1.29, 1.82) is 0 Å². The topological polar surface area (TPSA) is 47.8 Å². The molecule has 0 N–H and O–H groups in total. The van der Waals surface area contributed by atoms with Gasteiger partial charge in [0.2, 0.25) is 0 Å². The summed E-state index contributed by atoms with van der Waals surface area (Å²) in [5, 5.41) is 0.858. The number of alkyl halides is 2. The number of halogens is 3. The van der Waals surface area contributed by atoms with Crippen molar-refractivity contribution in [2.45, 2.75) is 71.3 Å². The van der Waals surface area contributed by atoms with E-state index in [9.17, 15) is 18.0 Å². The lowest BCUT2D eigenvalue weighted by molar-refractivity contribution is 0.0160. The largest absolute Gasteiger partial charge is 0.286 e. The number of nitrogens with zero attached hydrogens (tertiary/aromatic N) is 3. The van der Waals surface area contributed by atoms with E-state index in [0.717, 1.165) is 54.8 Å². The van der Waals surface area contributed by atoms with Gasteiger partial charge >= 0.3 is 0 Å². The summed E-state index contributed by atoms with van der Waals surface area (Å²) in [5.74, 6) is -2.98. The predicted molar refractivity (Wildman–Crippen MR) is 141 cm³/mol. The molecule has 0 saturated heterocycles. The first-order valence-electron chi connectivity index (χ1n) is 12.7. The van der Waals surface area contributed by atoms with E-state index < -0.39 is 5.92 Å². The van der Waals surface area contributed by atoms with Gasteiger partial charge in [0.25, 0.3) is 11.5 Å². The van der Waals surface area contributed by atoms with Gasteiger partial charge in [0.05, 0.1) is 12.2 Å². The Bertz CT molecular complexity index is 1420. The van der Waals surface area contributed by atoms with Crippen LogP contribution in [-0.2, 0) is 12.5 Å². The Morgan fingerprint density at radius 1 is 1.00 bits per heavy atom. The van der Waals surface area contributed by atoms with E-state index in [-0.39, 0.29) is 35.1 Å². The molecule has 1 aliphatic carbocycles. The fourth-order valence-corrected chi connectivity index (χ4v) is 4.94. The van der Waals surface area contributed by atoms with E-state index in [4.69, 9.17) is 0 Å². The van der Waals surface area contributed by atoms with E-state index in [2.05, 4.69) is 9.97 Å². The number of benzene rings is 1. The van der Waals surface area contributed by atoms with Crippen LogP contribution >= 0.6 is 0 Å². The van der Waals surface area contributed by atoms with Gasteiger partial charge < -0.3 is 0 Å². The summed E-state index contributed by atoms with van der Waals surface area (Å²) in [4.78, 5) is 22.2. The lowest BCUT2D eigenvalue weighted by Gasteiger charge is -2.23. The smallest absolute Gasteiger partial charge is 0.272 e. The van der Waals surface area contributed by atoms with Crippen molar-refractivity contribution in [3.05, 3.63) is 105 Å². The highest BCUT2D eigenvalue weighted by Crippen LogP contribution is 2.33. The Morgan fingerprint density at radius 2 is 1.76 bits per heavy atom. The standard InChI is InChI=1S/C23H25F2N3O.C7H7F/c1-15-10-11-17-13-18(16-7-4-3-5-8-16)22(29)28(21(17)27-15)14-20-19(23(2,24)25)9-6-12-26-20;1-6-3-2-4-7(8)5-6/h6,9-13,16H,3-5,7-8,14H2,1-2H3;2-5H,1H3. The van der Waals surface area contributed by atoms with Crippen LogP contribution in [-0.4, -0.2) is 14.5 Å². The van der Waals surface area contributed by atoms with E-state index in [0.29, 0.717) is 5.65 Å². The number of hydrogen-bond donors (Lipinski definition) is 0. The third kappa shape index (κ3) is 6.45. The lowest BCUT2D eigenvalue weighted by Crippen LogP contribution is -2.29. The summed E-state index contributed by atoms with van der Waals surface area (Å²) in [6, 6.07) is 15.2. The highest BCUT2D eigenvalue weighted by atomic mass is 19.3. The number of hydrogen-bond acceptors (Lipinski definition) is 3. The maximum atomic E-state index is 14.1. The second-order valence-electron chi connectivity index (χ2n) is 9.88. The SMILES string of the molecule is Cc1ccc2cc(C3CCCCC3)c(=O)n(Cc3ncccc3C(C)(F)F)c2n1.Cc1cccc(F)c1. The summed E-state index contributed by atoms with van der Waals surface area (Å²) in [5.41, 5.74) is 2.93. The zero-order chi connectivity index (χ0) is 26.6. The van der Waals surface area contributed by atoms with E-state index in [1.807, 2.05) is 38.1 Å². The van der Waals surface area contributed by atoms with Crippen molar-refractivity contribution in [2.24, 2.45) is 0 Å². The van der Waals surface area contributed by atoms with Crippen LogP contribution in [0.4, 0.5) is 13.2 Å².